The number of methoxy groups -OCH3 is 1. The lowest BCUT2D eigenvalue weighted by molar-refractivity contribution is -0.147. The standard InChI is InChI=1S/C12H16BrNO4/c1-3-18-12(16)10(14)11(15)8-6-7(13)4-5-9(8)17-2/h4-6,10-11,15H,3,14H2,1-2H3. The van der Waals surface area contributed by atoms with Crippen LogP contribution in [0.1, 0.15) is 18.6 Å². The second-order valence-electron chi connectivity index (χ2n) is 3.61. The van der Waals surface area contributed by atoms with Gasteiger partial charge in [-0.3, -0.25) is 4.79 Å². The summed E-state index contributed by atoms with van der Waals surface area (Å²) in [6.45, 7) is 1.89. The molecule has 0 aliphatic rings. The predicted molar refractivity (Wildman–Crippen MR) is 70.3 cm³/mol. The average Bonchev–Trinajstić information content (AvgIpc) is 2.37. The summed E-state index contributed by atoms with van der Waals surface area (Å²) >= 11 is 3.29. The number of carbonyl (C=O) groups is 1. The molecule has 6 heteroatoms. The normalized spacial score (nSPS) is 13.8. The summed E-state index contributed by atoms with van der Waals surface area (Å²) in [4.78, 5) is 11.5. The van der Waals surface area contributed by atoms with Crippen molar-refractivity contribution >= 4 is 21.9 Å². The Hall–Kier alpha value is -1.11. The van der Waals surface area contributed by atoms with Gasteiger partial charge in [0.1, 0.15) is 17.9 Å². The molecule has 0 radical (unpaired) electrons. The van der Waals surface area contributed by atoms with E-state index in [0.717, 1.165) is 4.47 Å². The quantitative estimate of drug-likeness (QED) is 0.802. The van der Waals surface area contributed by atoms with Gasteiger partial charge in [0.15, 0.2) is 0 Å². The summed E-state index contributed by atoms with van der Waals surface area (Å²) in [5.41, 5.74) is 6.09. The highest BCUT2D eigenvalue weighted by Gasteiger charge is 2.27. The number of benzene rings is 1. The molecule has 0 spiro atoms. The summed E-state index contributed by atoms with van der Waals surface area (Å²) in [7, 11) is 1.48. The summed E-state index contributed by atoms with van der Waals surface area (Å²) in [5.74, 6) is -0.183. The zero-order valence-electron chi connectivity index (χ0n) is 10.2. The second kappa shape index (κ2) is 6.72. The SMILES string of the molecule is CCOC(=O)C(N)C(O)c1cc(Br)ccc1OC. The van der Waals surface area contributed by atoms with E-state index in [4.69, 9.17) is 15.2 Å². The van der Waals surface area contributed by atoms with Gasteiger partial charge in [0, 0.05) is 10.0 Å². The first-order valence-corrected chi connectivity index (χ1v) is 6.24. The van der Waals surface area contributed by atoms with Gasteiger partial charge < -0.3 is 20.3 Å². The third kappa shape index (κ3) is 3.44. The minimum absolute atomic E-state index is 0.217. The Labute approximate surface area is 114 Å². The molecule has 1 aromatic carbocycles. The van der Waals surface area contributed by atoms with Crippen LogP contribution in [0.25, 0.3) is 0 Å². The Morgan fingerprint density at radius 3 is 2.78 bits per heavy atom. The molecule has 0 aromatic heterocycles. The van der Waals surface area contributed by atoms with Crippen LogP contribution in [0.2, 0.25) is 0 Å². The van der Waals surface area contributed by atoms with Crippen molar-refractivity contribution in [2.45, 2.75) is 19.1 Å². The first kappa shape index (κ1) is 14.9. The third-order valence-electron chi connectivity index (χ3n) is 2.41. The van der Waals surface area contributed by atoms with Gasteiger partial charge in [-0.05, 0) is 25.1 Å². The van der Waals surface area contributed by atoms with Gasteiger partial charge in [0.05, 0.1) is 13.7 Å². The van der Waals surface area contributed by atoms with Crippen molar-refractivity contribution in [3.8, 4) is 5.75 Å². The molecule has 0 saturated heterocycles. The predicted octanol–water partition coefficient (Wildman–Crippen LogP) is 1.38. The zero-order chi connectivity index (χ0) is 13.7. The largest absolute Gasteiger partial charge is 0.496 e. The topological polar surface area (TPSA) is 81.8 Å². The molecule has 1 rings (SSSR count). The van der Waals surface area contributed by atoms with Crippen LogP contribution >= 0.6 is 15.9 Å². The molecule has 0 heterocycles. The summed E-state index contributed by atoms with van der Waals surface area (Å²) in [6.07, 6.45) is -1.18. The van der Waals surface area contributed by atoms with E-state index >= 15 is 0 Å². The van der Waals surface area contributed by atoms with Crippen LogP contribution in [-0.4, -0.2) is 30.8 Å². The van der Waals surface area contributed by atoms with E-state index in [1.807, 2.05) is 0 Å². The first-order chi connectivity index (χ1) is 8.51. The molecule has 100 valence electrons. The highest BCUT2D eigenvalue weighted by Crippen LogP contribution is 2.30. The van der Waals surface area contributed by atoms with Gasteiger partial charge in [-0.15, -0.1) is 0 Å². The van der Waals surface area contributed by atoms with Gasteiger partial charge in [-0.1, -0.05) is 15.9 Å². The molecule has 0 aliphatic carbocycles. The van der Waals surface area contributed by atoms with Crippen LogP contribution < -0.4 is 10.5 Å². The van der Waals surface area contributed by atoms with E-state index in [9.17, 15) is 9.90 Å². The van der Waals surface area contributed by atoms with Gasteiger partial charge >= 0.3 is 5.97 Å². The number of hydrogen-bond donors (Lipinski definition) is 2. The minimum atomic E-state index is -1.18. The Bertz CT molecular complexity index is 425. The highest BCUT2D eigenvalue weighted by molar-refractivity contribution is 9.10. The molecule has 3 N–H and O–H groups in total. The maximum absolute atomic E-state index is 11.5. The molecule has 0 saturated carbocycles. The summed E-state index contributed by atoms with van der Waals surface area (Å²) in [5, 5.41) is 10.1. The van der Waals surface area contributed by atoms with Gasteiger partial charge in [0.25, 0.3) is 0 Å². The number of halogens is 1. The summed E-state index contributed by atoms with van der Waals surface area (Å²) in [6, 6.07) is 3.96. The van der Waals surface area contributed by atoms with E-state index < -0.39 is 18.1 Å². The lowest BCUT2D eigenvalue weighted by atomic mass is 10.0. The number of esters is 1. The van der Waals surface area contributed by atoms with Gasteiger partial charge in [-0.25, -0.2) is 0 Å². The molecular formula is C12H16BrNO4. The number of aliphatic hydroxyl groups is 1. The van der Waals surface area contributed by atoms with E-state index in [1.54, 1.807) is 25.1 Å². The van der Waals surface area contributed by atoms with Crippen molar-refractivity contribution in [1.82, 2.24) is 0 Å². The number of rotatable bonds is 5. The molecule has 1 aromatic rings. The van der Waals surface area contributed by atoms with E-state index in [2.05, 4.69) is 15.9 Å². The maximum atomic E-state index is 11.5. The van der Waals surface area contributed by atoms with Crippen LogP contribution in [-0.2, 0) is 9.53 Å². The minimum Gasteiger partial charge on any atom is -0.496 e. The number of hydrogen-bond acceptors (Lipinski definition) is 5. The smallest absolute Gasteiger partial charge is 0.325 e. The average molecular weight is 318 g/mol. The van der Waals surface area contributed by atoms with Crippen LogP contribution in [0, 0.1) is 0 Å². The number of carbonyl (C=O) groups excluding carboxylic acids is 1. The lowest BCUT2D eigenvalue weighted by Gasteiger charge is -2.20. The lowest BCUT2D eigenvalue weighted by Crippen LogP contribution is -2.38. The number of aliphatic hydroxyl groups excluding tert-OH is 1. The fourth-order valence-electron chi connectivity index (χ4n) is 1.50. The van der Waals surface area contributed by atoms with Crippen molar-refractivity contribution in [2.75, 3.05) is 13.7 Å². The maximum Gasteiger partial charge on any atom is 0.325 e. The van der Waals surface area contributed by atoms with Crippen molar-refractivity contribution in [3.63, 3.8) is 0 Å². The Balaban J connectivity index is 2.98. The molecule has 0 fully saturated rings. The molecule has 2 atom stereocenters. The van der Waals surface area contributed by atoms with E-state index in [0.29, 0.717) is 11.3 Å². The summed E-state index contributed by atoms with van der Waals surface area (Å²) < 4.78 is 10.7. The van der Waals surface area contributed by atoms with Crippen molar-refractivity contribution in [2.24, 2.45) is 5.73 Å². The van der Waals surface area contributed by atoms with Gasteiger partial charge in [-0.2, -0.15) is 0 Å². The Morgan fingerprint density at radius 1 is 1.56 bits per heavy atom. The number of ether oxygens (including phenoxy) is 2. The van der Waals surface area contributed by atoms with Crippen molar-refractivity contribution in [3.05, 3.63) is 28.2 Å². The Morgan fingerprint density at radius 2 is 2.22 bits per heavy atom. The second-order valence-corrected chi connectivity index (χ2v) is 4.52. The van der Waals surface area contributed by atoms with E-state index in [1.165, 1.54) is 7.11 Å². The molecule has 5 nitrogen and oxygen atoms in total. The van der Waals surface area contributed by atoms with Crippen LogP contribution in [0.15, 0.2) is 22.7 Å². The Kier molecular flexibility index (Phi) is 5.58. The highest BCUT2D eigenvalue weighted by atomic mass is 79.9. The fraction of sp³-hybridized carbons (Fsp3) is 0.417. The molecule has 0 aliphatic heterocycles. The molecule has 0 bridgehead atoms. The number of nitrogens with two attached hydrogens (primary N) is 1. The zero-order valence-corrected chi connectivity index (χ0v) is 11.8. The fourth-order valence-corrected chi connectivity index (χ4v) is 1.88. The van der Waals surface area contributed by atoms with Crippen molar-refractivity contribution < 1.29 is 19.4 Å². The van der Waals surface area contributed by atoms with Crippen LogP contribution in [0.5, 0.6) is 5.75 Å². The van der Waals surface area contributed by atoms with E-state index in [-0.39, 0.29) is 6.61 Å². The van der Waals surface area contributed by atoms with Gasteiger partial charge in [0.2, 0.25) is 0 Å². The first-order valence-electron chi connectivity index (χ1n) is 5.45. The van der Waals surface area contributed by atoms with Crippen molar-refractivity contribution in [1.29, 1.82) is 0 Å². The van der Waals surface area contributed by atoms with Crippen LogP contribution in [0.4, 0.5) is 0 Å². The monoisotopic (exact) mass is 317 g/mol. The third-order valence-corrected chi connectivity index (χ3v) is 2.90. The molecule has 18 heavy (non-hydrogen) atoms. The van der Waals surface area contributed by atoms with Crippen LogP contribution in [0.3, 0.4) is 0 Å². The molecule has 2 unspecified atom stereocenters. The molecule has 0 amide bonds. The molecular weight excluding hydrogens is 302 g/mol.